The van der Waals surface area contributed by atoms with Crippen LogP contribution in [-0.4, -0.2) is 19.0 Å². The summed E-state index contributed by atoms with van der Waals surface area (Å²) < 4.78 is 0. The summed E-state index contributed by atoms with van der Waals surface area (Å²) in [6, 6.07) is 22.0. The molecule has 0 saturated heterocycles. The number of para-hydroxylation sites is 1. The van der Waals surface area contributed by atoms with Gasteiger partial charge >= 0.3 is 0 Å². The number of nitrogens with one attached hydrogen (secondary N) is 3. The van der Waals surface area contributed by atoms with E-state index >= 15 is 0 Å². The van der Waals surface area contributed by atoms with Gasteiger partial charge in [0.15, 0.2) is 0 Å². The van der Waals surface area contributed by atoms with Gasteiger partial charge in [0.25, 0.3) is 5.91 Å². The second-order valence-electron chi connectivity index (χ2n) is 7.21. The van der Waals surface area contributed by atoms with Gasteiger partial charge < -0.3 is 10.2 Å². The molecule has 1 amide bonds. The van der Waals surface area contributed by atoms with Crippen molar-refractivity contribution in [1.82, 2.24) is 10.9 Å². The van der Waals surface area contributed by atoms with E-state index in [1.54, 1.807) is 11.8 Å². The monoisotopic (exact) mass is 430 g/mol. The van der Waals surface area contributed by atoms with Crippen LogP contribution in [0.2, 0.25) is 0 Å². The third kappa shape index (κ3) is 4.54. The van der Waals surface area contributed by atoms with Crippen LogP contribution in [0.4, 0.5) is 17.1 Å². The SMILES string of the molecule is C=C(NNC(=O)c1ccc(N(CC)CC)cc1)c1ccc2c(c1)Nc1ccccc1S2. The number of hydrazine groups is 1. The van der Waals surface area contributed by atoms with Gasteiger partial charge in [-0.15, -0.1) is 0 Å². The average Bonchev–Trinajstić information content (AvgIpc) is 2.81. The van der Waals surface area contributed by atoms with Crippen LogP contribution in [0.5, 0.6) is 0 Å². The number of benzene rings is 3. The standard InChI is InChI=1S/C25H26N4OS/c1-4-29(5-2)20-13-10-18(11-14-20)25(30)28-27-17(3)19-12-15-24-22(16-19)26-21-8-6-7-9-23(21)31-24/h6-16,26-27H,3-5H2,1-2H3,(H,28,30). The topological polar surface area (TPSA) is 56.4 Å². The summed E-state index contributed by atoms with van der Waals surface area (Å²) in [5, 5.41) is 3.47. The Hall–Kier alpha value is -3.38. The highest BCUT2D eigenvalue weighted by Crippen LogP contribution is 2.44. The number of rotatable bonds is 7. The van der Waals surface area contributed by atoms with Gasteiger partial charge in [-0.2, -0.15) is 0 Å². The molecule has 0 aliphatic carbocycles. The lowest BCUT2D eigenvalue weighted by molar-refractivity contribution is 0.0942. The maximum Gasteiger partial charge on any atom is 0.269 e. The summed E-state index contributed by atoms with van der Waals surface area (Å²) >= 11 is 1.74. The molecule has 0 radical (unpaired) electrons. The molecule has 4 rings (SSSR count). The third-order valence-corrected chi connectivity index (χ3v) is 6.44. The van der Waals surface area contributed by atoms with E-state index in [4.69, 9.17) is 0 Å². The summed E-state index contributed by atoms with van der Waals surface area (Å²) in [7, 11) is 0. The maximum absolute atomic E-state index is 12.5. The van der Waals surface area contributed by atoms with E-state index in [0.717, 1.165) is 40.6 Å². The molecular formula is C25H26N4OS. The molecule has 3 aromatic rings. The molecule has 6 heteroatoms. The molecule has 1 heterocycles. The molecule has 3 N–H and O–H groups in total. The number of anilines is 3. The zero-order chi connectivity index (χ0) is 21.8. The number of carbonyl (C=O) groups is 1. The molecule has 0 unspecified atom stereocenters. The zero-order valence-electron chi connectivity index (χ0n) is 17.7. The molecule has 1 aliphatic heterocycles. The Labute approximate surface area is 187 Å². The highest BCUT2D eigenvalue weighted by molar-refractivity contribution is 7.99. The Balaban J connectivity index is 1.39. The summed E-state index contributed by atoms with van der Waals surface area (Å²) in [5.74, 6) is -0.201. The minimum absolute atomic E-state index is 0.201. The van der Waals surface area contributed by atoms with E-state index < -0.39 is 0 Å². The van der Waals surface area contributed by atoms with Gasteiger partial charge in [-0.3, -0.25) is 15.6 Å². The van der Waals surface area contributed by atoms with Crippen molar-refractivity contribution in [2.75, 3.05) is 23.3 Å². The summed E-state index contributed by atoms with van der Waals surface area (Å²) in [5.41, 5.74) is 11.0. The van der Waals surface area contributed by atoms with E-state index in [1.165, 1.54) is 4.90 Å². The molecule has 0 atom stereocenters. The number of amides is 1. The van der Waals surface area contributed by atoms with Crippen LogP contribution < -0.4 is 21.1 Å². The van der Waals surface area contributed by atoms with Crippen molar-refractivity contribution in [2.24, 2.45) is 0 Å². The van der Waals surface area contributed by atoms with Crippen LogP contribution in [0, 0.1) is 0 Å². The van der Waals surface area contributed by atoms with Crippen molar-refractivity contribution in [3.05, 3.63) is 84.4 Å². The van der Waals surface area contributed by atoms with Crippen LogP contribution in [0.3, 0.4) is 0 Å². The van der Waals surface area contributed by atoms with Gasteiger partial charge in [0.1, 0.15) is 0 Å². The second-order valence-corrected chi connectivity index (χ2v) is 8.29. The zero-order valence-corrected chi connectivity index (χ0v) is 18.6. The van der Waals surface area contributed by atoms with E-state index in [2.05, 4.69) is 59.7 Å². The average molecular weight is 431 g/mol. The van der Waals surface area contributed by atoms with Gasteiger partial charge in [-0.25, -0.2) is 0 Å². The van der Waals surface area contributed by atoms with Crippen LogP contribution >= 0.6 is 11.8 Å². The van der Waals surface area contributed by atoms with Gasteiger partial charge in [0, 0.05) is 39.7 Å². The van der Waals surface area contributed by atoms with Crippen molar-refractivity contribution in [3.63, 3.8) is 0 Å². The fourth-order valence-electron chi connectivity index (χ4n) is 3.52. The Kier molecular flexibility index (Phi) is 6.18. The first-order valence-electron chi connectivity index (χ1n) is 10.4. The number of fused-ring (bicyclic) bond motifs is 2. The van der Waals surface area contributed by atoms with Gasteiger partial charge in [-0.05, 0) is 62.4 Å². The lowest BCUT2D eigenvalue weighted by Gasteiger charge is -2.22. The Bertz CT molecular complexity index is 1110. The highest BCUT2D eigenvalue weighted by Gasteiger charge is 2.16. The van der Waals surface area contributed by atoms with Gasteiger partial charge in [0.05, 0.1) is 17.1 Å². The van der Waals surface area contributed by atoms with Crippen molar-refractivity contribution >= 4 is 40.4 Å². The predicted molar refractivity (Wildman–Crippen MR) is 130 cm³/mol. The maximum atomic E-state index is 12.5. The minimum Gasteiger partial charge on any atom is -0.372 e. The summed E-state index contributed by atoms with van der Waals surface area (Å²) in [6.07, 6.45) is 0. The summed E-state index contributed by atoms with van der Waals surface area (Å²) in [6.45, 7) is 10.2. The molecule has 0 saturated carbocycles. The van der Waals surface area contributed by atoms with Gasteiger partial charge in [-0.1, -0.05) is 36.5 Å². The van der Waals surface area contributed by atoms with Crippen LogP contribution in [0.25, 0.3) is 5.70 Å². The molecule has 5 nitrogen and oxygen atoms in total. The van der Waals surface area contributed by atoms with Crippen LogP contribution in [0.15, 0.2) is 83.1 Å². The molecule has 1 aliphatic rings. The highest BCUT2D eigenvalue weighted by atomic mass is 32.2. The fourth-order valence-corrected chi connectivity index (χ4v) is 4.48. The van der Waals surface area contributed by atoms with Gasteiger partial charge in [0.2, 0.25) is 0 Å². The number of nitrogens with zero attached hydrogens (tertiary/aromatic N) is 1. The van der Waals surface area contributed by atoms with Crippen molar-refractivity contribution in [2.45, 2.75) is 23.6 Å². The molecule has 0 spiro atoms. The van der Waals surface area contributed by atoms with E-state index in [1.807, 2.05) is 48.5 Å². The summed E-state index contributed by atoms with van der Waals surface area (Å²) in [4.78, 5) is 17.1. The van der Waals surface area contributed by atoms with Crippen LogP contribution in [0.1, 0.15) is 29.8 Å². The Morgan fingerprint density at radius 3 is 2.32 bits per heavy atom. The van der Waals surface area contributed by atoms with Crippen LogP contribution in [-0.2, 0) is 0 Å². The molecular weight excluding hydrogens is 404 g/mol. The predicted octanol–water partition coefficient (Wildman–Crippen LogP) is 5.65. The number of hydrogen-bond acceptors (Lipinski definition) is 5. The van der Waals surface area contributed by atoms with Crippen molar-refractivity contribution < 1.29 is 4.79 Å². The molecule has 31 heavy (non-hydrogen) atoms. The molecule has 0 fully saturated rings. The van der Waals surface area contributed by atoms with E-state index in [-0.39, 0.29) is 5.91 Å². The molecule has 3 aromatic carbocycles. The Morgan fingerprint density at radius 1 is 0.903 bits per heavy atom. The quantitative estimate of drug-likeness (QED) is 0.331. The Morgan fingerprint density at radius 2 is 1.58 bits per heavy atom. The van der Waals surface area contributed by atoms with Crippen molar-refractivity contribution in [1.29, 1.82) is 0 Å². The molecule has 0 bridgehead atoms. The first-order valence-corrected chi connectivity index (χ1v) is 11.2. The van der Waals surface area contributed by atoms with E-state index in [0.29, 0.717) is 11.3 Å². The largest absolute Gasteiger partial charge is 0.372 e. The lowest BCUT2D eigenvalue weighted by atomic mass is 10.1. The normalized spacial score (nSPS) is 11.5. The number of hydrogen-bond donors (Lipinski definition) is 3. The molecule has 0 aromatic heterocycles. The lowest BCUT2D eigenvalue weighted by Crippen LogP contribution is -2.35. The molecule has 158 valence electrons. The first kappa shape index (κ1) is 20.9. The van der Waals surface area contributed by atoms with E-state index in [9.17, 15) is 4.79 Å². The second kappa shape index (κ2) is 9.18. The number of carbonyl (C=O) groups excluding carboxylic acids is 1. The first-order chi connectivity index (χ1) is 15.1. The fraction of sp³-hybridized carbons (Fsp3) is 0.160. The third-order valence-electron chi connectivity index (χ3n) is 5.29. The smallest absolute Gasteiger partial charge is 0.269 e. The minimum atomic E-state index is -0.201. The van der Waals surface area contributed by atoms with Crippen molar-refractivity contribution in [3.8, 4) is 0 Å².